The van der Waals surface area contributed by atoms with Gasteiger partial charge in [-0.1, -0.05) is 30.3 Å². The largest absolute Gasteiger partial charge is 0.461 e. The summed E-state index contributed by atoms with van der Waals surface area (Å²) in [4.78, 5) is 28.7. The van der Waals surface area contributed by atoms with Crippen LogP contribution in [0.15, 0.2) is 52.7 Å². The highest BCUT2D eigenvalue weighted by molar-refractivity contribution is 7.89. The molecule has 168 valence electrons. The van der Waals surface area contributed by atoms with E-state index in [1.807, 2.05) is 24.3 Å². The molecular formula is C22H23N3O5S2. The van der Waals surface area contributed by atoms with Crippen molar-refractivity contribution < 1.29 is 22.7 Å². The van der Waals surface area contributed by atoms with E-state index in [9.17, 15) is 18.0 Å². The van der Waals surface area contributed by atoms with Gasteiger partial charge in [0.2, 0.25) is 15.9 Å². The van der Waals surface area contributed by atoms with Gasteiger partial charge in [-0.05, 0) is 42.7 Å². The number of benzene rings is 2. The van der Waals surface area contributed by atoms with Crippen molar-refractivity contribution in [2.75, 3.05) is 25.0 Å². The lowest BCUT2D eigenvalue weighted by Gasteiger charge is -2.30. The fourth-order valence-corrected chi connectivity index (χ4v) is 5.86. The molecule has 8 nitrogen and oxygen atoms in total. The quantitative estimate of drug-likeness (QED) is 0.549. The fourth-order valence-electron chi connectivity index (χ4n) is 3.67. The number of ether oxygens (including phenoxy) is 1. The Labute approximate surface area is 190 Å². The summed E-state index contributed by atoms with van der Waals surface area (Å²) in [5.41, 5.74) is 0.156. The molecule has 0 spiro atoms. The molecule has 1 amide bonds. The van der Waals surface area contributed by atoms with Crippen LogP contribution in [-0.2, 0) is 19.6 Å². The van der Waals surface area contributed by atoms with Crippen LogP contribution in [0.4, 0.5) is 5.13 Å². The highest BCUT2D eigenvalue weighted by atomic mass is 32.2. The molecule has 4 rings (SSSR count). The molecule has 0 unspecified atom stereocenters. The van der Waals surface area contributed by atoms with Gasteiger partial charge >= 0.3 is 5.97 Å². The Kier molecular flexibility index (Phi) is 6.54. The number of hydrogen-bond acceptors (Lipinski definition) is 7. The van der Waals surface area contributed by atoms with E-state index in [4.69, 9.17) is 4.74 Å². The fraction of sp³-hybridized carbons (Fsp3) is 0.318. The molecule has 1 fully saturated rings. The standard InChI is InChI=1S/C22H23N3O5S2/c1-2-30-21(27)19-14-31-22(23-19)24-20(26)16-9-11-25(12-10-16)32(28,29)18-8-7-15-5-3-4-6-17(15)13-18/h3-8,13-14,16H,2,9-12H2,1H3,(H,23,24,26). The number of fused-ring (bicyclic) bond motifs is 1. The van der Waals surface area contributed by atoms with Gasteiger partial charge in [0.05, 0.1) is 11.5 Å². The SMILES string of the molecule is CCOC(=O)c1csc(NC(=O)C2CCN(S(=O)(=O)c3ccc4ccccc4c3)CC2)n1. The van der Waals surface area contributed by atoms with Gasteiger partial charge in [0.15, 0.2) is 10.8 Å². The van der Waals surface area contributed by atoms with Gasteiger partial charge in [-0.2, -0.15) is 4.31 Å². The summed E-state index contributed by atoms with van der Waals surface area (Å²) in [5.74, 6) is -1.08. The molecule has 3 aromatic rings. The van der Waals surface area contributed by atoms with Crippen LogP contribution in [0.5, 0.6) is 0 Å². The number of sulfonamides is 1. The molecule has 1 aliphatic heterocycles. The minimum atomic E-state index is -3.63. The number of anilines is 1. The lowest BCUT2D eigenvalue weighted by molar-refractivity contribution is -0.120. The molecule has 1 aromatic heterocycles. The van der Waals surface area contributed by atoms with Crippen LogP contribution < -0.4 is 5.32 Å². The van der Waals surface area contributed by atoms with Crippen molar-refractivity contribution in [3.05, 3.63) is 53.5 Å². The van der Waals surface area contributed by atoms with Crippen molar-refractivity contribution >= 4 is 49.1 Å². The van der Waals surface area contributed by atoms with Crippen molar-refractivity contribution in [3.63, 3.8) is 0 Å². The second-order valence-corrected chi connectivity index (χ2v) is 10.2. The zero-order valence-corrected chi connectivity index (χ0v) is 19.1. The second-order valence-electron chi connectivity index (χ2n) is 7.43. The van der Waals surface area contributed by atoms with Crippen molar-refractivity contribution in [2.45, 2.75) is 24.7 Å². The Morgan fingerprint density at radius 1 is 1.16 bits per heavy atom. The molecule has 10 heteroatoms. The maximum Gasteiger partial charge on any atom is 0.357 e. The van der Waals surface area contributed by atoms with Crippen LogP contribution in [0.1, 0.15) is 30.3 Å². The van der Waals surface area contributed by atoms with Crippen LogP contribution in [0.25, 0.3) is 10.8 Å². The monoisotopic (exact) mass is 473 g/mol. The second kappa shape index (κ2) is 9.35. The number of hydrogen-bond donors (Lipinski definition) is 1. The zero-order chi connectivity index (χ0) is 22.7. The van der Waals surface area contributed by atoms with E-state index >= 15 is 0 Å². The molecule has 1 saturated heterocycles. The third-order valence-corrected chi connectivity index (χ3v) is 8.05. The molecule has 1 aliphatic rings. The number of rotatable bonds is 6. The Hall–Kier alpha value is -2.82. The third kappa shape index (κ3) is 4.67. The lowest BCUT2D eigenvalue weighted by Crippen LogP contribution is -2.41. The highest BCUT2D eigenvalue weighted by Crippen LogP contribution is 2.27. The van der Waals surface area contributed by atoms with Gasteiger partial charge in [0, 0.05) is 24.4 Å². The number of carbonyl (C=O) groups excluding carboxylic acids is 2. The normalized spacial score (nSPS) is 15.5. The van der Waals surface area contributed by atoms with Crippen LogP contribution in [0, 0.1) is 5.92 Å². The molecule has 1 N–H and O–H groups in total. The first-order chi connectivity index (χ1) is 15.4. The summed E-state index contributed by atoms with van der Waals surface area (Å²) >= 11 is 1.15. The highest BCUT2D eigenvalue weighted by Gasteiger charge is 2.32. The summed E-state index contributed by atoms with van der Waals surface area (Å²) in [6.45, 7) is 2.48. The predicted octanol–water partition coefficient (Wildman–Crippen LogP) is 3.51. The van der Waals surface area contributed by atoms with E-state index in [2.05, 4.69) is 10.3 Å². The van der Waals surface area contributed by atoms with Gasteiger partial charge in [-0.15, -0.1) is 11.3 Å². The summed E-state index contributed by atoms with van der Waals surface area (Å²) in [6.07, 6.45) is 0.823. The van der Waals surface area contributed by atoms with Gasteiger partial charge in [-0.25, -0.2) is 18.2 Å². The van der Waals surface area contributed by atoms with Gasteiger partial charge in [0.25, 0.3) is 0 Å². The minimum absolute atomic E-state index is 0.156. The van der Waals surface area contributed by atoms with Gasteiger partial charge in [0.1, 0.15) is 0 Å². The Balaban J connectivity index is 1.37. The number of nitrogens with one attached hydrogen (secondary N) is 1. The number of thiazole rings is 1. The average molecular weight is 474 g/mol. The number of nitrogens with zero attached hydrogens (tertiary/aromatic N) is 2. The van der Waals surface area contributed by atoms with E-state index in [1.165, 1.54) is 9.69 Å². The molecule has 0 radical (unpaired) electrons. The molecule has 2 aromatic carbocycles. The molecule has 32 heavy (non-hydrogen) atoms. The third-order valence-electron chi connectivity index (χ3n) is 5.40. The summed E-state index contributed by atoms with van der Waals surface area (Å²) < 4.78 is 32.5. The summed E-state index contributed by atoms with van der Waals surface area (Å²) in [5, 5.41) is 6.44. The minimum Gasteiger partial charge on any atom is -0.461 e. The zero-order valence-electron chi connectivity index (χ0n) is 17.5. The number of aromatic nitrogens is 1. The van der Waals surface area contributed by atoms with Crippen molar-refractivity contribution in [1.29, 1.82) is 0 Å². The molecule has 2 heterocycles. The van der Waals surface area contributed by atoms with Crippen molar-refractivity contribution in [3.8, 4) is 0 Å². The number of esters is 1. The van der Waals surface area contributed by atoms with Crippen molar-refractivity contribution in [2.24, 2.45) is 5.92 Å². The Bertz CT molecular complexity index is 1250. The van der Waals surface area contributed by atoms with Crippen LogP contribution in [0.2, 0.25) is 0 Å². The first kappa shape index (κ1) is 22.4. The molecule has 0 aliphatic carbocycles. The first-order valence-corrected chi connectivity index (χ1v) is 12.6. The maximum absolute atomic E-state index is 13.1. The van der Waals surface area contributed by atoms with Crippen molar-refractivity contribution in [1.82, 2.24) is 9.29 Å². The van der Waals surface area contributed by atoms with Gasteiger partial charge < -0.3 is 10.1 Å². The molecule has 0 bridgehead atoms. The first-order valence-electron chi connectivity index (χ1n) is 10.3. The maximum atomic E-state index is 13.1. The smallest absolute Gasteiger partial charge is 0.357 e. The number of piperidine rings is 1. The van der Waals surface area contributed by atoms with E-state index in [1.54, 1.807) is 25.1 Å². The molecule has 0 atom stereocenters. The topological polar surface area (TPSA) is 106 Å². The van der Waals surface area contributed by atoms with Crippen LogP contribution >= 0.6 is 11.3 Å². The number of carbonyl (C=O) groups is 2. The number of amides is 1. The lowest BCUT2D eigenvalue weighted by atomic mass is 9.97. The van der Waals surface area contributed by atoms with E-state index in [-0.39, 0.29) is 42.1 Å². The Morgan fingerprint density at radius 3 is 2.59 bits per heavy atom. The average Bonchev–Trinajstić information content (AvgIpc) is 3.27. The Morgan fingerprint density at radius 2 is 1.88 bits per heavy atom. The predicted molar refractivity (Wildman–Crippen MR) is 122 cm³/mol. The van der Waals surface area contributed by atoms with E-state index in [0.717, 1.165) is 22.1 Å². The van der Waals surface area contributed by atoms with E-state index in [0.29, 0.717) is 18.0 Å². The summed E-state index contributed by atoms with van der Waals surface area (Å²) in [7, 11) is -3.63. The molecular weight excluding hydrogens is 450 g/mol. The molecule has 0 saturated carbocycles. The summed E-state index contributed by atoms with van der Waals surface area (Å²) in [6, 6.07) is 12.7. The van der Waals surface area contributed by atoms with Crippen LogP contribution in [0.3, 0.4) is 0 Å². The van der Waals surface area contributed by atoms with E-state index < -0.39 is 16.0 Å². The van der Waals surface area contributed by atoms with Gasteiger partial charge in [-0.3, -0.25) is 4.79 Å². The van der Waals surface area contributed by atoms with Crippen LogP contribution in [-0.4, -0.2) is 49.3 Å².